The molecular formula is C28H25N3O5S2. The van der Waals surface area contributed by atoms with E-state index in [9.17, 15) is 14.4 Å². The van der Waals surface area contributed by atoms with Crippen LogP contribution in [0, 0.1) is 0 Å². The van der Waals surface area contributed by atoms with Crippen LogP contribution in [-0.2, 0) is 32.1 Å². The molecule has 3 heterocycles. The fourth-order valence-corrected chi connectivity index (χ4v) is 6.02. The number of ether oxygens (including phenoxy) is 2. The van der Waals surface area contributed by atoms with Crippen molar-refractivity contribution in [2.24, 2.45) is 0 Å². The van der Waals surface area contributed by atoms with Gasteiger partial charge in [0.25, 0.3) is 5.91 Å². The van der Waals surface area contributed by atoms with Gasteiger partial charge in [-0.1, -0.05) is 48.5 Å². The topological polar surface area (TPSA) is 97.8 Å². The lowest BCUT2D eigenvalue weighted by Crippen LogP contribution is -2.70. The number of esters is 1. The molecule has 0 radical (unpaired) electrons. The van der Waals surface area contributed by atoms with Gasteiger partial charge in [-0.05, 0) is 52.5 Å². The summed E-state index contributed by atoms with van der Waals surface area (Å²) in [5, 5.41) is 4.33. The number of allylic oxidation sites excluding steroid dienone is 1. The van der Waals surface area contributed by atoms with Gasteiger partial charge in [0.15, 0.2) is 0 Å². The smallest absolute Gasteiger partial charge is 0.355 e. The van der Waals surface area contributed by atoms with E-state index in [4.69, 9.17) is 9.47 Å². The molecule has 38 heavy (non-hydrogen) atoms. The van der Waals surface area contributed by atoms with Crippen molar-refractivity contribution in [3.63, 3.8) is 0 Å². The summed E-state index contributed by atoms with van der Waals surface area (Å²) in [5.74, 6) is 0.0196. The summed E-state index contributed by atoms with van der Waals surface area (Å²) in [5.41, 5.74) is 3.29. The van der Waals surface area contributed by atoms with E-state index in [-0.39, 0.29) is 35.9 Å². The van der Waals surface area contributed by atoms with Crippen LogP contribution in [-0.4, -0.2) is 51.3 Å². The maximum Gasteiger partial charge on any atom is 0.355 e. The van der Waals surface area contributed by atoms with E-state index in [0.717, 1.165) is 16.8 Å². The molecule has 8 nitrogen and oxygen atoms in total. The predicted octanol–water partition coefficient (Wildman–Crippen LogP) is 3.81. The Bertz CT molecular complexity index is 1370. The Hall–Kier alpha value is -3.89. The summed E-state index contributed by atoms with van der Waals surface area (Å²) in [6.07, 6.45) is 3.79. The van der Waals surface area contributed by atoms with Gasteiger partial charge in [0.2, 0.25) is 5.91 Å². The van der Waals surface area contributed by atoms with Crippen LogP contribution in [0.2, 0.25) is 0 Å². The van der Waals surface area contributed by atoms with Gasteiger partial charge in [0.05, 0.1) is 19.2 Å². The molecule has 1 aromatic heterocycles. The molecule has 0 bridgehead atoms. The fourth-order valence-electron chi connectivity index (χ4n) is 4.20. The minimum absolute atomic E-state index is 0.0481. The molecule has 3 aromatic rings. The fraction of sp³-hybridized carbons (Fsp3) is 0.214. The summed E-state index contributed by atoms with van der Waals surface area (Å²) >= 11 is 2.83. The molecule has 1 N–H and O–H groups in total. The summed E-state index contributed by atoms with van der Waals surface area (Å²) in [7, 11) is 1.58. The van der Waals surface area contributed by atoms with Crippen LogP contribution < -0.4 is 10.1 Å². The lowest BCUT2D eigenvalue weighted by Gasteiger charge is -2.49. The van der Waals surface area contributed by atoms with Crippen LogP contribution in [0.4, 0.5) is 0 Å². The van der Waals surface area contributed by atoms with E-state index in [1.807, 2.05) is 60.0 Å². The van der Waals surface area contributed by atoms with Gasteiger partial charge in [0, 0.05) is 11.1 Å². The van der Waals surface area contributed by atoms with Gasteiger partial charge < -0.3 is 14.8 Å². The predicted molar refractivity (Wildman–Crippen MR) is 146 cm³/mol. The summed E-state index contributed by atoms with van der Waals surface area (Å²) < 4.78 is 15.1. The maximum absolute atomic E-state index is 13.3. The van der Waals surface area contributed by atoms with E-state index in [1.165, 1.54) is 28.2 Å². The number of hydrogen-bond acceptors (Lipinski definition) is 8. The standard InChI is InChI=1S/C28H25N3O5S2/c1-35-22-11-7-19(8-12-22)16-36-28(34)25-20(9-10-21-13-14-38-30-21)17-37-27-24(26(33)31(25)27)29-23(32)15-18-5-3-2-4-6-18/h2-14,24,27H,15-17H2,1H3,(H,29,32)/b10-9+/t24-,27-/m1/s1. The quantitative estimate of drug-likeness (QED) is 0.321. The molecule has 5 rings (SSSR count). The number of methoxy groups -OCH3 is 1. The average Bonchev–Trinajstić information content (AvgIpc) is 3.47. The molecule has 0 aliphatic carbocycles. The minimum Gasteiger partial charge on any atom is -0.497 e. The third-order valence-electron chi connectivity index (χ3n) is 6.16. The number of carbonyl (C=O) groups excluding carboxylic acids is 3. The maximum atomic E-state index is 13.3. The van der Waals surface area contributed by atoms with E-state index in [2.05, 4.69) is 9.69 Å². The molecule has 10 heteroatoms. The van der Waals surface area contributed by atoms with E-state index in [1.54, 1.807) is 25.3 Å². The number of carbonyl (C=O) groups is 3. The Morgan fingerprint density at radius 3 is 2.58 bits per heavy atom. The van der Waals surface area contributed by atoms with Crippen molar-refractivity contribution in [2.45, 2.75) is 24.4 Å². The Kier molecular flexibility index (Phi) is 7.90. The normalized spacial score (nSPS) is 18.7. The number of β-lactam (4-membered cyclic amide) rings is 1. The van der Waals surface area contributed by atoms with Crippen LogP contribution in [0.1, 0.15) is 16.8 Å². The minimum atomic E-state index is -0.704. The highest BCUT2D eigenvalue weighted by Crippen LogP contribution is 2.41. The number of rotatable bonds is 9. The zero-order valence-corrected chi connectivity index (χ0v) is 22.2. The number of fused-ring (bicyclic) bond motifs is 1. The highest BCUT2D eigenvalue weighted by Gasteiger charge is 2.54. The molecule has 1 fully saturated rings. The SMILES string of the molecule is COc1ccc(COC(=O)C2=C(/C=C/c3ccsn3)CS[C@@H]3[C@H](NC(=O)Cc4ccccc4)C(=O)N23)cc1. The van der Waals surface area contributed by atoms with Crippen LogP contribution >= 0.6 is 23.3 Å². The first-order valence-corrected chi connectivity index (χ1v) is 13.8. The van der Waals surface area contributed by atoms with Crippen molar-refractivity contribution in [3.05, 3.63) is 100 Å². The molecule has 0 spiro atoms. The van der Waals surface area contributed by atoms with Gasteiger partial charge in [-0.3, -0.25) is 14.5 Å². The van der Waals surface area contributed by atoms with Crippen molar-refractivity contribution in [2.75, 3.05) is 12.9 Å². The number of hydrogen-bond donors (Lipinski definition) is 1. The largest absolute Gasteiger partial charge is 0.497 e. The summed E-state index contributed by atoms with van der Waals surface area (Å²) in [4.78, 5) is 40.6. The first kappa shape index (κ1) is 25.7. The second-order valence-corrected chi connectivity index (χ2v) is 10.4. The van der Waals surface area contributed by atoms with Crippen LogP contribution in [0.3, 0.4) is 0 Å². The number of nitrogens with zero attached hydrogens (tertiary/aromatic N) is 2. The Morgan fingerprint density at radius 1 is 1.08 bits per heavy atom. The number of aromatic nitrogens is 1. The highest BCUT2D eigenvalue weighted by atomic mass is 32.2. The molecule has 1 saturated heterocycles. The average molecular weight is 548 g/mol. The molecule has 0 saturated carbocycles. The Balaban J connectivity index is 1.32. The van der Waals surface area contributed by atoms with Gasteiger partial charge >= 0.3 is 5.97 Å². The van der Waals surface area contributed by atoms with Crippen LogP contribution in [0.15, 0.2) is 83.4 Å². The zero-order valence-electron chi connectivity index (χ0n) is 20.5. The first-order valence-electron chi connectivity index (χ1n) is 11.9. The molecule has 2 aromatic carbocycles. The highest BCUT2D eigenvalue weighted by molar-refractivity contribution is 8.00. The first-order chi connectivity index (χ1) is 18.5. The molecule has 2 amide bonds. The van der Waals surface area contributed by atoms with Gasteiger partial charge in [0.1, 0.15) is 29.5 Å². The van der Waals surface area contributed by atoms with E-state index < -0.39 is 12.0 Å². The van der Waals surface area contributed by atoms with Crippen LogP contribution in [0.5, 0.6) is 5.75 Å². The van der Waals surface area contributed by atoms with Gasteiger partial charge in [-0.2, -0.15) is 4.37 Å². The number of thioether (sulfide) groups is 1. The third-order valence-corrected chi connectivity index (χ3v) is 8.03. The Labute approximate surface area is 228 Å². The summed E-state index contributed by atoms with van der Waals surface area (Å²) in [6.45, 7) is 0.0481. The number of amides is 2. The summed E-state index contributed by atoms with van der Waals surface area (Å²) in [6, 6.07) is 17.7. The molecular weight excluding hydrogens is 522 g/mol. The second kappa shape index (κ2) is 11.7. The Morgan fingerprint density at radius 2 is 1.87 bits per heavy atom. The van der Waals surface area contributed by atoms with Crippen molar-refractivity contribution in [1.82, 2.24) is 14.6 Å². The molecule has 0 unspecified atom stereocenters. The van der Waals surface area contributed by atoms with Crippen molar-refractivity contribution in [1.29, 1.82) is 0 Å². The van der Waals surface area contributed by atoms with Gasteiger partial charge in [-0.25, -0.2) is 4.79 Å². The van der Waals surface area contributed by atoms with Crippen molar-refractivity contribution < 1.29 is 23.9 Å². The zero-order chi connectivity index (χ0) is 26.5. The molecule has 194 valence electrons. The molecule has 2 aliphatic heterocycles. The lowest BCUT2D eigenvalue weighted by atomic mass is 10.0. The molecule has 2 atom stereocenters. The number of benzene rings is 2. The van der Waals surface area contributed by atoms with Crippen molar-refractivity contribution in [3.8, 4) is 5.75 Å². The number of nitrogens with one attached hydrogen (secondary N) is 1. The third kappa shape index (κ3) is 5.66. The monoisotopic (exact) mass is 547 g/mol. The lowest BCUT2D eigenvalue weighted by molar-refractivity contribution is -0.153. The van der Waals surface area contributed by atoms with Gasteiger partial charge in [-0.15, -0.1) is 11.8 Å². The molecule has 2 aliphatic rings. The second-order valence-electron chi connectivity index (χ2n) is 8.67. The van der Waals surface area contributed by atoms with Crippen LogP contribution in [0.25, 0.3) is 6.08 Å². The van der Waals surface area contributed by atoms with Crippen molar-refractivity contribution >= 4 is 47.2 Å². The van der Waals surface area contributed by atoms with E-state index in [0.29, 0.717) is 17.1 Å². The van der Waals surface area contributed by atoms with E-state index >= 15 is 0 Å².